The molecule has 0 aliphatic carbocycles. The first-order valence-electron chi connectivity index (χ1n) is 6.79. The SMILES string of the molecule is CN1CCC(NC(=O)c2cccc3cc[nH]c23)CC1. The zero-order valence-electron chi connectivity index (χ0n) is 11.1. The third kappa shape index (κ3) is 2.49. The third-order valence-corrected chi connectivity index (χ3v) is 3.89. The fourth-order valence-corrected chi connectivity index (χ4v) is 2.69. The Morgan fingerprint density at radius 1 is 1.32 bits per heavy atom. The number of benzene rings is 1. The summed E-state index contributed by atoms with van der Waals surface area (Å²) in [5.41, 5.74) is 1.66. The first-order chi connectivity index (χ1) is 9.24. The molecular formula is C15H19N3O. The van der Waals surface area contributed by atoms with Gasteiger partial charge in [-0.15, -0.1) is 0 Å². The van der Waals surface area contributed by atoms with Gasteiger partial charge in [-0.3, -0.25) is 4.79 Å². The van der Waals surface area contributed by atoms with E-state index in [2.05, 4.69) is 22.2 Å². The molecule has 4 heteroatoms. The Balaban J connectivity index is 1.75. The summed E-state index contributed by atoms with van der Waals surface area (Å²) in [6.07, 6.45) is 3.93. The topological polar surface area (TPSA) is 48.1 Å². The first-order valence-corrected chi connectivity index (χ1v) is 6.79. The molecule has 2 N–H and O–H groups in total. The van der Waals surface area contributed by atoms with Crippen molar-refractivity contribution in [2.24, 2.45) is 0 Å². The maximum atomic E-state index is 12.4. The normalized spacial score (nSPS) is 17.7. The number of hydrogen-bond donors (Lipinski definition) is 2. The van der Waals surface area contributed by atoms with E-state index in [-0.39, 0.29) is 5.91 Å². The molecule has 2 aromatic rings. The molecule has 1 fully saturated rings. The monoisotopic (exact) mass is 257 g/mol. The largest absolute Gasteiger partial charge is 0.361 e. The predicted molar refractivity (Wildman–Crippen MR) is 76.3 cm³/mol. The summed E-state index contributed by atoms with van der Waals surface area (Å²) >= 11 is 0. The molecule has 0 spiro atoms. The van der Waals surface area contributed by atoms with E-state index in [1.807, 2.05) is 30.5 Å². The Kier molecular flexibility index (Phi) is 3.25. The van der Waals surface area contributed by atoms with Crippen LogP contribution < -0.4 is 5.32 Å². The van der Waals surface area contributed by atoms with Crippen LogP contribution in [0.2, 0.25) is 0 Å². The summed E-state index contributed by atoms with van der Waals surface area (Å²) in [6, 6.07) is 8.11. The van der Waals surface area contributed by atoms with Gasteiger partial charge in [0.1, 0.15) is 0 Å². The highest BCUT2D eigenvalue weighted by Crippen LogP contribution is 2.17. The van der Waals surface area contributed by atoms with Crippen molar-refractivity contribution in [3.63, 3.8) is 0 Å². The lowest BCUT2D eigenvalue weighted by atomic mass is 10.0. The van der Waals surface area contributed by atoms with Crippen LogP contribution in [0.15, 0.2) is 30.5 Å². The second-order valence-electron chi connectivity index (χ2n) is 5.30. The minimum absolute atomic E-state index is 0.0302. The molecule has 2 heterocycles. The van der Waals surface area contributed by atoms with Crippen LogP contribution in [0, 0.1) is 0 Å². The minimum atomic E-state index is 0.0302. The van der Waals surface area contributed by atoms with Gasteiger partial charge in [-0.25, -0.2) is 0 Å². The Morgan fingerprint density at radius 3 is 2.89 bits per heavy atom. The summed E-state index contributed by atoms with van der Waals surface area (Å²) in [6.45, 7) is 2.11. The summed E-state index contributed by atoms with van der Waals surface area (Å²) < 4.78 is 0. The van der Waals surface area contributed by atoms with Gasteiger partial charge in [0.2, 0.25) is 0 Å². The molecule has 0 unspecified atom stereocenters. The summed E-state index contributed by atoms with van der Waals surface area (Å²) in [4.78, 5) is 17.8. The van der Waals surface area contributed by atoms with Gasteiger partial charge in [-0.05, 0) is 45.1 Å². The van der Waals surface area contributed by atoms with Gasteiger partial charge in [0, 0.05) is 17.6 Å². The van der Waals surface area contributed by atoms with Crippen LogP contribution in [-0.2, 0) is 0 Å². The number of amides is 1. The molecule has 1 aromatic heterocycles. The maximum Gasteiger partial charge on any atom is 0.253 e. The van der Waals surface area contributed by atoms with E-state index >= 15 is 0 Å². The zero-order chi connectivity index (χ0) is 13.2. The van der Waals surface area contributed by atoms with E-state index in [0.717, 1.165) is 42.4 Å². The van der Waals surface area contributed by atoms with Gasteiger partial charge in [0.25, 0.3) is 5.91 Å². The number of aromatic amines is 1. The van der Waals surface area contributed by atoms with E-state index in [9.17, 15) is 4.79 Å². The minimum Gasteiger partial charge on any atom is -0.361 e. The van der Waals surface area contributed by atoms with E-state index in [0.29, 0.717) is 6.04 Å². The van der Waals surface area contributed by atoms with Gasteiger partial charge in [-0.1, -0.05) is 12.1 Å². The molecular weight excluding hydrogens is 238 g/mol. The molecule has 1 aliphatic rings. The summed E-state index contributed by atoms with van der Waals surface area (Å²) in [5.74, 6) is 0.0302. The Hall–Kier alpha value is -1.81. The molecule has 1 saturated heterocycles. The summed E-state index contributed by atoms with van der Waals surface area (Å²) in [5, 5.41) is 4.23. The number of piperidine rings is 1. The first kappa shape index (κ1) is 12.2. The molecule has 19 heavy (non-hydrogen) atoms. The van der Waals surface area contributed by atoms with Gasteiger partial charge in [-0.2, -0.15) is 0 Å². The van der Waals surface area contributed by atoms with E-state index in [1.165, 1.54) is 0 Å². The van der Waals surface area contributed by atoms with E-state index in [1.54, 1.807) is 0 Å². The third-order valence-electron chi connectivity index (χ3n) is 3.89. The van der Waals surface area contributed by atoms with Crippen LogP contribution in [-0.4, -0.2) is 42.0 Å². The molecule has 0 radical (unpaired) electrons. The van der Waals surface area contributed by atoms with Crippen molar-refractivity contribution in [1.82, 2.24) is 15.2 Å². The van der Waals surface area contributed by atoms with E-state index in [4.69, 9.17) is 0 Å². The average molecular weight is 257 g/mol. The quantitative estimate of drug-likeness (QED) is 0.864. The number of nitrogens with one attached hydrogen (secondary N) is 2. The number of carbonyl (C=O) groups is 1. The number of hydrogen-bond acceptors (Lipinski definition) is 2. The van der Waals surface area contributed by atoms with Crippen LogP contribution in [0.1, 0.15) is 23.2 Å². The van der Waals surface area contributed by atoms with Gasteiger partial charge < -0.3 is 15.2 Å². The molecule has 0 bridgehead atoms. The zero-order valence-corrected chi connectivity index (χ0v) is 11.1. The highest BCUT2D eigenvalue weighted by Gasteiger charge is 2.20. The lowest BCUT2D eigenvalue weighted by molar-refractivity contribution is 0.0918. The molecule has 4 nitrogen and oxygen atoms in total. The Labute approximate surface area is 112 Å². The van der Waals surface area contributed by atoms with Crippen LogP contribution in [0.25, 0.3) is 10.9 Å². The van der Waals surface area contributed by atoms with Crippen molar-refractivity contribution < 1.29 is 4.79 Å². The number of rotatable bonds is 2. The standard InChI is InChI=1S/C15H19N3O/c1-18-9-6-12(7-10-18)17-15(19)13-4-2-3-11-5-8-16-14(11)13/h2-5,8,12,16H,6-7,9-10H2,1H3,(H,17,19). The maximum absolute atomic E-state index is 12.4. The molecule has 100 valence electrons. The van der Waals surface area contributed by atoms with Crippen molar-refractivity contribution in [1.29, 1.82) is 0 Å². The molecule has 0 atom stereocenters. The van der Waals surface area contributed by atoms with Crippen molar-refractivity contribution in [3.05, 3.63) is 36.0 Å². The second-order valence-corrected chi connectivity index (χ2v) is 5.30. The molecule has 0 saturated carbocycles. The lowest BCUT2D eigenvalue weighted by Crippen LogP contribution is -2.43. The molecule has 1 amide bonds. The van der Waals surface area contributed by atoms with Crippen LogP contribution in [0.4, 0.5) is 0 Å². The number of likely N-dealkylation sites (tertiary alicyclic amines) is 1. The fourth-order valence-electron chi connectivity index (χ4n) is 2.69. The number of fused-ring (bicyclic) bond motifs is 1. The molecule has 1 aliphatic heterocycles. The Morgan fingerprint density at radius 2 is 2.11 bits per heavy atom. The second kappa shape index (κ2) is 5.05. The smallest absolute Gasteiger partial charge is 0.253 e. The highest BCUT2D eigenvalue weighted by molar-refractivity contribution is 6.05. The van der Waals surface area contributed by atoms with E-state index < -0.39 is 0 Å². The highest BCUT2D eigenvalue weighted by atomic mass is 16.1. The number of para-hydroxylation sites is 1. The van der Waals surface area contributed by atoms with Crippen LogP contribution in [0.3, 0.4) is 0 Å². The Bertz CT molecular complexity index is 582. The lowest BCUT2D eigenvalue weighted by Gasteiger charge is -2.29. The molecule has 3 rings (SSSR count). The number of H-pyrrole nitrogens is 1. The van der Waals surface area contributed by atoms with Crippen molar-refractivity contribution in [3.8, 4) is 0 Å². The van der Waals surface area contributed by atoms with Crippen molar-refractivity contribution >= 4 is 16.8 Å². The fraction of sp³-hybridized carbons (Fsp3) is 0.400. The molecule has 1 aromatic carbocycles. The van der Waals surface area contributed by atoms with Crippen LogP contribution in [0.5, 0.6) is 0 Å². The van der Waals surface area contributed by atoms with Crippen molar-refractivity contribution in [2.45, 2.75) is 18.9 Å². The number of nitrogens with zero attached hydrogens (tertiary/aromatic N) is 1. The van der Waals surface area contributed by atoms with Gasteiger partial charge in [0.05, 0.1) is 11.1 Å². The van der Waals surface area contributed by atoms with Crippen LogP contribution >= 0.6 is 0 Å². The van der Waals surface area contributed by atoms with Gasteiger partial charge >= 0.3 is 0 Å². The van der Waals surface area contributed by atoms with Crippen molar-refractivity contribution in [2.75, 3.05) is 20.1 Å². The average Bonchev–Trinajstić information content (AvgIpc) is 2.89. The number of carbonyl (C=O) groups excluding carboxylic acids is 1. The summed E-state index contributed by atoms with van der Waals surface area (Å²) in [7, 11) is 2.12. The van der Waals surface area contributed by atoms with Gasteiger partial charge in [0.15, 0.2) is 0 Å². The number of aromatic nitrogens is 1. The predicted octanol–water partition coefficient (Wildman–Crippen LogP) is 1.99.